The van der Waals surface area contributed by atoms with Crippen LogP contribution in [0.4, 0.5) is 4.79 Å². The second kappa shape index (κ2) is 27.8. The van der Waals surface area contributed by atoms with Gasteiger partial charge in [-0.2, -0.15) is 0 Å². The molecule has 434 valence electrons. The lowest BCUT2D eigenvalue weighted by atomic mass is 9.76. The summed E-state index contributed by atoms with van der Waals surface area (Å²) in [5, 5.41) is 17.2. The SMILES string of the molecule is CN[C@H](C(=O)N[C@H](C(=O)N(C)[C@H](C=C(C)C(=O)NS(=O)(=O)c1ccc(C2(NC(=O)[C@@H](CCCNC(N)=O)NC(=O)[C@H](NC(=O)CCCCCN3C(=O)C=CC3=O)C(C)C)CC2)cc1)C(C)C)C(C)(C)C)C(C)(C)c1ccccc1. The van der Waals surface area contributed by atoms with Crippen LogP contribution in [0.1, 0.15) is 132 Å². The summed E-state index contributed by atoms with van der Waals surface area (Å²) in [6.45, 7) is 18.5. The van der Waals surface area contributed by atoms with Gasteiger partial charge in [0.1, 0.15) is 18.1 Å². The maximum Gasteiger partial charge on any atom is 0.312 e. The number of benzene rings is 2. The number of carbonyl (C=O) groups excluding carboxylic acids is 9. The van der Waals surface area contributed by atoms with Crippen LogP contribution in [0.3, 0.4) is 0 Å². The van der Waals surface area contributed by atoms with Crippen molar-refractivity contribution in [2.75, 3.05) is 27.2 Å². The van der Waals surface area contributed by atoms with Crippen LogP contribution in [0.2, 0.25) is 0 Å². The molecule has 9 N–H and O–H groups in total. The third kappa shape index (κ3) is 17.8. The fraction of sp³-hybridized carbons (Fsp3) is 0.561. The molecule has 79 heavy (non-hydrogen) atoms. The molecule has 1 aliphatic heterocycles. The summed E-state index contributed by atoms with van der Waals surface area (Å²) in [7, 11) is -1.16. The van der Waals surface area contributed by atoms with Gasteiger partial charge in [0.05, 0.1) is 22.5 Å². The quantitative estimate of drug-likeness (QED) is 0.0329. The number of primary amides is 1. The zero-order valence-electron chi connectivity index (χ0n) is 47.9. The molecule has 1 heterocycles. The Morgan fingerprint density at radius 2 is 1.38 bits per heavy atom. The van der Waals surface area contributed by atoms with E-state index in [1.165, 1.54) is 54.3 Å². The van der Waals surface area contributed by atoms with Crippen molar-refractivity contribution in [3.63, 3.8) is 0 Å². The predicted octanol–water partition coefficient (Wildman–Crippen LogP) is 3.68. The number of nitrogens with zero attached hydrogens (tertiary/aromatic N) is 2. The highest BCUT2D eigenvalue weighted by Gasteiger charge is 2.47. The van der Waals surface area contributed by atoms with E-state index in [1.807, 2.05) is 78.8 Å². The lowest BCUT2D eigenvalue weighted by molar-refractivity contribution is -0.141. The number of imide groups is 1. The van der Waals surface area contributed by atoms with Gasteiger partial charge in [-0.15, -0.1) is 0 Å². The van der Waals surface area contributed by atoms with E-state index in [9.17, 15) is 51.6 Å². The number of sulfonamides is 1. The van der Waals surface area contributed by atoms with Gasteiger partial charge >= 0.3 is 6.03 Å². The molecule has 2 aromatic carbocycles. The number of likely N-dealkylation sites (N-methyl/N-ethyl adjacent to an activating group) is 2. The van der Waals surface area contributed by atoms with E-state index in [0.29, 0.717) is 37.7 Å². The van der Waals surface area contributed by atoms with Crippen molar-refractivity contribution >= 4 is 63.3 Å². The highest BCUT2D eigenvalue weighted by Crippen LogP contribution is 2.46. The third-order valence-electron chi connectivity index (χ3n) is 14.6. The highest BCUT2D eigenvalue weighted by molar-refractivity contribution is 7.90. The number of nitrogens with two attached hydrogens (primary N) is 1. The largest absolute Gasteiger partial charge is 0.352 e. The minimum atomic E-state index is -4.44. The zero-order chi connectivity index (χ0) is 59.2. The van der Waals surface area contributed by atoms with Crippen LogP contribution in [0.15, 0.2) is 83.3 Å². The lowest BCUT2D eigenvalue weighted by Crippen LogP contribution is -2.61. The van der Waals surface area contributed by atoms with E-state index >= 15 is 0 Å². The van der Waals surface area contributed by atoms with Crippen LogP contribution >= 0.6 is 0 Å². The van der Waals surface area contributed by atoms with Crippen molar-refractivity contribution in [2.45, 2.75) is 167 Å². The molecule has 0 radical (unpaired) electrons. The second-order valence-corrected chi connectivity index (χ2v) is 24.6. The molecule has 2 aliphatic rings. The molecule has 0 saturated heterocycles. The smallest absolute Gasteiger partial charge is 0.312 e. The van der Waals surface area contributed by atoms with Crippen LogP contribution in [0, 0.1) is 17.3 Å². The van der Waals surface area contributed by atoms with Crippen LogP contribution in [0.25, 0.3) is 0 Å². The number of hydrogen-bond acceptors (Lipinski definition) is 12. The molecule has 1 aliphatic carbocycles. The van der Waals surface area contributed by atoms with Gasteiger partial charge in [-0.1, -0.05) is 117 Å². The summed E-state index contributed by atoms with van der Waals surface area (Å²) in [6, 6.07) is 10.1. The molecule has 22 heteroatoms. The molecule has 10 amide bonds. The number of rotatable bonds is 29. The number of unbranched alkanes of at least 4 members (excludes halogenated alkanes) is 2. The number of urea groups is 1. The van der Waals surface area contributed by atoms with Gasteiger partial charge in [-0.05, 0) is 93.0 Å². The highest BCUT2D eigenvalue weighted by atomic mass is 32.2. The van der Waals surface area contributed by atoms with E-state index < -0.39 is 92.2 Å². The van der Waals surface area contributed by atoms with Gasteiger partial charge < -0.3 is 42.5 Å². The minimum Gasteiger partial charge on any atom is -0.352 e. The maximum absolute atomic E-state index is 14.4. The summed E-state index contributed by atoms with van der Waals surface area (Å²) in [5.41, 5.74) is 4.48. The Morgan fingerprint density at radius 1 is 0.772 bits per heavy atom. The minimum absolute atomic E-state index is 0.0290. The Kier molecular flexibility index (Phi) is 22.7. The van der Waals surface area contributed by atoms with Gasteiger partial charge in [-0.25, -0.2) is 17.9 Å². The lowest BCUT2D eigenvalue weighted by Gasteiger charge is -2.40. The zero-order valence-corrected chi connectivity index (χ0v) is 48.7. The van der Waals surface area contributed by atoms with E-state index in [-0.39, 0.29) is 72.4 Å². The fourth-order valence-electron chi connectivity index (χ4n) is 9.52. The molecule has 0 aromatic heterocycles. The molecule has 2 aromatic rings. The van der Waals surface area contributed by atoms with Crippen LogP contribution in [0.5, 0.6) is 0 Å². The van der Waals surface area contributed by atoms with E-state index in [2.05, 4.69) is 36.6 Å². The number of amides is 10. The molecule has 21 nitrogen and oxygen atoms in total. The first-order chi connectivity index (χ1) is 36.9. The van der Waals surface area contributed by atoms with Gasteiger partial charge in [0.2, 0.25) is 29.5 Å². The van der Waals surface area contributed by atoms with Gasteiger partial charge in [0, 0.05) is 49.7 Å². The first-order valence-corrected chi connectivity index (χ1v) is 28.5. The molecule has 0 unspecified atom stereocenters. The van der Waals surface area contributed by atoms with Gasteiger partial charge in [-0.3, -0.25) is 43.3 Å². The monoisotopic (exact) mass is 1120 g/mol. The Labute approximate surface area is 465 Å². The maximum atomic E-state index is 14.4. The average molecular weight is 1120 g/mol. The average Bonchev–Trinajstić information content (AvgIpc) is 4.12. The molecule has 0 spiro atoms. The summed E-state index contributed by atoms with van der Waals surface area (Å²) < 4.78 is 29.6. The summed E-state index contributed by atoms with van der Waals surface area (Å²) >= 11 is 0. The normalized spacial score (nSPS) is 16.3. The van der Waals surface area contributed by atoms with E-state index in [4.69, 9.17) is 5.73 Å². The summed E-state index contributed by atoms with van der Waals surface area (Å²) in [4.78, 5) is 120. The van der Waals surface area contributed by atoms with Crippen molar-refractivity contribution in [1.29, 1.82) is 0 Å². The van der Waals surface area contributed by atoms with Crippen LogP contribution in [-0.4, -0.2) is 129 Å². The van der Waals surface area contributed by atoms with Crippen molar-refractivity contribution < 1.29 is 51.6 Å². The second-order valence-electron chi connectivity index (χ2n) is 22.9. The summed E-state index contributed by atoms with van der Waals surface area (Å²) in [6.07, 6.45) is 6.86. The Bertz CT molecular complexity index is 2700. The van der Waals surface area contributed by atoms with Gasteiger partial charge in [0.25, 0.3) is 27.7 Å². The van der Waals surface area contributed by atoms with Gasteiger partial charge in [0.15, 0.2) is 0 Å². The van der Waals surface area contributed by atoms with E-state index in [0.717, 1.165) is 10.5 Å². The Balaban J connectivity index is 1.42. The molecule has 5 atom stereocenters. The fourth-order valence-corrected chi connectivity index (χ4v) is 10.5. The first kappa shape index (κ1) is 64.6. The third-order valence-corrected chi connectivity index (χ3v) is 15.9. The topological polar surface area (TPSA) is 304 Å². The molecular weight excluding hydrogens is 1030 g/mol. The first-order valence-electron chi connectivity index (χ1n) is 27.0. The van der Waals surface area contributed by atoms with E-state index in [1.54, 1.807) is 27.9 Å². The summed E-state index contributed by atoms with van der Waals surface area (Å²) in [5.74, 6) is -4.60. The number of hydrogen-bond donors (Lipinski definition) is 8. The van der Waals surface area contributed by atoms with Crippen LogP contribution in [-0.2, 0) is 59.3 Å². The molecule has 1 saturated carbocycles. The molecule has 4 rings (SSSR count). The number of nitrogens with one attached hydrogen (secondary N) is 7. The Morgan fingerprint density at radius 3 is 1.91 bits per heavy atom. The van der Waals surface area contributed by atoms with Crippen molar-refractivity contribution in [3.05, 3.63) is 89.5 Å². The molecular formula is C57H84N10O11S. The predicted molar refractivity (Wildman–Crippen MR) is 300 cm³/mol. The van der Waals surface area contributed by atoms with Crippen molar-refractivity contribution in [2.24, 2.45) is 23.0 Å². The van der Waals surface area contributed by atoms with Crippen molar-refractivity contribution in [1.82, 2.24) is 46.4 Å². The molecule has 1 fully saturated rings. The standard InChI is InChI=1S/C57H84N10O11S/c1-35(2)42(66(12)53(75)48(55(6,7)8)63-52(74)47(59-11)56(9,10)38-20-15-13-16-21-38)34-37(5)49(71)65-79(77,78)40-26-24-39(25-27-40)57(30-31-57)64-50(72)41(22-19-32-60-54(58)76)61-51(73)46(36(3)4)62-43(68)23-17-14-18-33-67-44(69)28-29-45(67)70/h13,15-16,20-21,24-29,34-36,41-42,46-48,59H,14,17-19,22-23,30-33H2,1-12H3,(H,61,73)(H,62,68)(H,63,74)(H,64,72)(H,65,71)(H3,58,60,76)/t41-,42-,46-,47-,48-/m1/s1. The van der Waals surface area contributed by atoms with Crippen molar-refractivity contribution in [3.8, 4) is 0 Å². The Hall–Kier alpha value is -6.94. The van der Waals surface area contributed by atoms with Crippen LogP contribution < -0.4 is 42.4 Å². The number of carbonyl (C=O) groups is 9. The molecule has 0 bridgehead atoms.